The number of carboxylic acid groups (broad SMARTS) is 1. The van der Waals surface area contributed by atoms with E-state index in [1.807, 2.05) is 19.1 Å². The second-order valence-corrected chi connectivity index (χ2v) is 4.39. The Morgan fingerprint density at radius 3 is 2.89 bits per heavy atom. The Morgan fingerprint density at radius 2 is 2.28 bits per heavy atom. The minimum atomic E-state index is -0.952. The SMILES string of the molecule is CCCc1c(C(=O)O)cnn1-c1cccc(Cl)c1. The number of aromatic carboxylic acids is 1. The van der Waals surface area contributed by atoms with Gasteiger partial charge in [0.05, 0.1) is 17.6 Å². The van der Waals surface area contributed by atoms with Crippen LogP contribution < -0.4 is 0 Å². The highest BCUT2D eigenvalue weighted by molar-refractivity contribution is 6.30. The predicted molar refractivity (Wildman–Crippen MR) is 69.5 cm³/mol. The molecule has 0 aliphatic rings. The van der Waals surface area contributed by atoms with E-state index >= 15 is 0 Å². The summed E-state index contributed by atoms with van der Waals surface area (Å²) in [6.45, 7) is 2.00. The molecule has 5 heteroatoms. The minimum Gasteiger partial charge on any atom is -0.478 e. The number of rotatable bonds is 4. The van der Waals surface area contributed by atoms with Gasteiger partial charge in [-0.3, -0.25) is 0 Å². The first-order valence-corrected chi connectivity index (χ1v) is 6.07. The van der Waals surface area contributed by atoms with E-state index in [0.717, 1.165) is 12.1 Å². The van der Waals surface area contributed by atoms with Gasteiger partial charge < -0.3 is 5.11 Å². The lowest BCUT2D eigenvalue weighted by atomic mass is 10.1. The maximum absolute atomic E-state index is 11.1. The van der Waals surface area contributed by atoms with Gasteiger partial charge in [0, 0.05) is 5.02 Å². The van der Waals surface area contributed by atoms with Crippen LogP contribution in [0.1, 0.15) is 29.4 Å². The molecule has 0 bridgehead atoms. The Hall–Kier alpha value is -1.81. The van der Waals surface area contributed by atoms with Crippen molar-refractivity contribution < 1.29 is 9.90 Å². The van der Waals surface area contributed by atoms with Crippen LogP contribution in [0.5, 0.6) is 0 Å². The molecule has 0 aliphatic carbocycles. The van der Waals surface area contributed by atoms with Gasteiger partial charge in [-0.2, -0.15) is 5.10 Å². The molecule has 0 spiro atoms. The van der Waals surface area contributed by atoms with Crippen molar-refractivity contribution in [1.29, 1.82) is 0 Å². The molecule has 1 aromatic carbocycles. The van der Waals surface area contributed by atoms with Crippen LogP contribution in [-0.2, 0) is 6.42 Å². The number of halogens is 1. The van der Waals surface area contributed by atoms with Crippen LogP contribution in [0.15, 0.2) is 30.5 Å². The second kappa shape index (κ2) is 5.23. The standard InChI is InChI=1S/C13H13ClN2O2/c1-2-4-12-11(13(17)18)8-15-16(12)10-6-3-5-9(14)7-10/h3,5-8H,2,4H2,1H3,(H,17,18). The molecular formula is C13H13ClN2O2. The molecule has 0 aliphatic heterocycles. The minimum absolute atomic E-state index is 0.247. The lowest BCUT2D eigenvalue weighted by molar-refractivity contribution is 0.0695. The maximum Gasteiger partial charge on any atom is 0.339 e. The highest BCUT2D eigenvalue weighted by Gasteiger charge is 2.16. The topological polar surface area (TPSA) is 55.1 Å². The van der Waals surface area contributed by atoms with Crippen molar-refractivity contribution in [3.63, 3.8) is 0 Å². The van der Waals surface area contributed by atoms with E-state index in [4.69, 9.17) is 16.7 Å². The van der Waals surface area contributed by atoms with E-state index in [2.05, 4.69) is 5.10 Å². The molecule has 18 heavy (non-hydrogen) atoms. The van der Waals surface area contributed by atoms with Gasteiger partial charge >= 0.3 is 5.97 Å². The van der Waals surface area contributed by atoms with E-state index in [1.165, 1.54) is 6.20 Å². The van der Waals surface area contributed by atoms with Gasteiger partial charge in [-0.05, 0) is 24.6 Å². The molecule has 0 unspecified atom stereocenters. The summed E-state index contributed by atoms with van der Waals surface area (Å²) in [7, 11) is 0. The molecule has 0 saturated heterocycles. The van der Waals surface area contributed by atoms with E-state index in [0.29, 0.717) is 17.1 Å². The summed E-state index contributed by atoms with van der Waals surface area (Å²) in [5, 5.41) is 13.9. The summed E-state index contributed by atoms with van der Waals surface area (Å²) in [5.41, 5.74) is 1.72. The van der Waals surface area contributed by atoms with E-state index in [1.54, 1.807) is 16.8 Å². The molecule has 94 valence electrons. The predicted octanol–water partition coefficient (Wildman–Crippen LogP) is 3.18. The molecule has 2 aromatic rings. The van der Waals surface area contributed by atoms with Gasteiger partial charge in [-0.1, -0.05) is 31.0 Å². The molecule has 1 heterocycles. The average Bonchev–Trinajstić information content (AvgIpc) is 2.73. The average molecular weight is 265 g/mol. The van der Waals surface area contributed by atoms with Crippen LogP contribution >= 0.6 is 11.6 Å². The Kier molecular flexibility index (Phi) is 3.67. The quantitative estimate of drug-likeness (QED) is 0.923. The van der Waals surface area contributed by atoms with E-state index < -0.39 is 5.97 Å². The summed E-state index contributed by atoms with van der Waals surface area (Å²) in [6, 6.07) is 7.20. The molecule has 0 atom stereocenters. The third-order valence-electron chi connectivity index (χ3n) is 2.64. The smallest absolute Gasteiger partial charge is 0.339 e. The van der Waals surface area contributed by atoms with Crippen molar-refractivity contribution in [2.45, 2.75) is 19.8 Å². The van der Waals surface area contributed by atoms with Crippen LogP contribution in [0.2, 0.25) is 5.02 Å². The zero-order valence-electron chi connectivity index (χ0n) is 9.93. The molecule has 0 radical (unpaired) electrons. The van der Waals surface area contributed by atoms with Crippen molar-refractivity contribution in [1.82, 2.24) is 9.78 Å². The summed E-state index contributed by atoms with van der Waals surface area (Å²) in [5.74, 6) is -0.952. The van der Waals surface area contributed by atoms with Crippen LogP contribution in [-0.4, -0.2) is 20.9 Å². The normalized spacial score (nSPS) is 10.6. The maximum atomic E-state index is 11.1. The van der Waals surface area contributed by atoms with Crippen LogP contribution in [0.4, 0.5) is 0 Å². The van der Waals surface area contributed by atoms with Crippen LogP contribution in [0.3, 0.4) is 0 Å². The van der Waals surface area contributed by atoms with Crippen molar-refractivity contribution in [2.24, 2.45) is 0 Å². The third kappa shape index (κ3) is 2.38. The lowest BCUT2D eigenvalue weighted by Crippen LogP contribution is -2.06. The fourth-order valence-electron chi connectivity index (χ4n) is 1.86. The molecule has 2 rings (SSSR count). The Morgan fingerprint density at radius 1 is 1.50 bits per heavy atom. The van der Waals surface area contributed by atoms with Crippen molar-refractivity contribution >= 4 is 17.6 Å². The Labute approximate surface area is 110 Å². The number of hydrogen-bond acceptors (Lipinski definition) is 2. The number of hydrogen-bond donors (Lipinski definition) is 1. The molecule has 1 N–H and O–H groups in total. The van der Waals surface area contributed by atoms with Crippen molar-refractivity contribution in [3.05, 3.63) is 46.7 Å². The largest absolute Gasteiger partial charge is 0.478 e. The fourth-order valence-corrected chi connectivity index (χ4v) is 2.04. The van der Waals surface area contributed by atoms with Crippen LogP contribution in [0.25, 0.3) is 5.69 Å². The molecule has 0 saturated carbocycles. The first-order chi connectivity index (χ1) is 8.63. The highest BCUT2D eigenvalue weighted by Crippen LogP contribution is 2.19. The zero-order chi connectivity index (χ0) is 13.1. The monoisotopic (exact) mass is 264 g/mol. The Balaban J connectivity index is 2.54. The van der Waals surface area contributed by atoms with Gasteiger partial charge in [-0.25, -0.2) is 9.48 Å². The van der Waals surface area contributed by atoms with Gasteiger partial charge in [0.1, 0.15) is 5.56 Å². The van der Waals surface area contributed by atoms with Gasteiger partial charge in [0.15, 0.2) is 0 Å². The fraction of sp³-hybridized carbons (Fsp3) is 0.231. The molecule has 1 aromatic heterocycles. The number of benzene rings is 1. The first kappa shape index (κ1) is 12.6. The highest BCUT2D eigenvalue weighted by atomic mass is 35.5. The van der Waals surface area contributed by atoms with Gasteiger partial charge in [0.25, 0.3) is 0 Å². The molecule has 0 amide bonds. The lowest BCUT2D eigenvalue weighted by Gasteiger charge is -2.07. The molecule has 4 nitrogen and oxygen atoms in total. The van der Waals surface area contributed by atoms with Gasteiger partial charge in [-0.15, -0.1) is 0 Å². The van der Waals surface area contributed by atoms with Gasteiger partial charge in [0.2, 0.25) is 0 Å². The second-order valence-electron chi connectivity index (χ2n) is 3.95. The summed E-state index contributed by atoms with van der Waals surface area (Å²) >= 11 is 5.94. The molecule has 0 fully saturated rings. The van der Waals surface area contributed by atoms with E-state index in [9.17, 15) is 4.79 Å². The number of carbonyl (C=O) groups is 1. The molecular weight excluding hydrogens is 252 g/mol. The van der Waals surface area contributed by atoms with E-state index in [-0.39, 0.29) is 5.56 Å². The van der Waals surface area contributed by atoms with Crippen molar-refractivity contribution in [3.8, 4) is 5.69 Å². The number of carboxylic acids is 1. The third-order valence-corrected chi connectivity index (χ3v) is 2.87. The summed E-state index contributed by atoms with van der Waals surface area (Å²) in [4.78, 5) is 11.1. The summed E-state index contributed by atoms with van der Waals surface area (Å²) < 4.78 is 1.64. The number of aromatic nitrogens is 2. The Bertz CT molecular complexity index is 578. The summed E-state index contributed by atoms with van der Waals surface area (Å²) in [6.07, 6.45) is 2.90. The first-order valence-electron chi connectivity index (χ1n) is 5.69. The number of nitrogens with zero attached hydrogens (tertiary/aromatic N) is 2. The van der Waals surface area contributed by atoms with Crippen LogP contribution in [0, 0.1) is 0 Å². The van der Waals surface area contributed by atoms with Crippen molar-refractivity contribution in [2.75, 3.05) is 0 Å². The zero-order valence-corrected chi connectivity index (χ0v) is 10.7.